The van der Waals surface area contributed by atoms with Gasteiger partial charge in [0.1, 0.15) is 5.75 Å². The van der Waals surface area contributed by atoms with Crippen LogP contribution in [0.25, 0.3) is 0 Å². The summed E-state index contributed by atoms with van der Waals surface area (Å²) in [7, 11) is 0. The average molecular weight is 359 g/mol. The van der Waals surface area contributed by atoms with E-state index in [0.29, 0.717) is 12.4 Å². The zero-order valence-corrected chi connectivity index (χ0v) is 15.6. The summed E-state index contributed by atoms with van der Waals surface area (Å²) in [4.78, 5) is 12.5. The number of hydrogen-bond donors (Lipinski definition) is 0. The molecule has 0 N–H and O–H groups in total. The topological polar surface area (TPSA) is 35.5 Å². The number of carbonyl (C=O) groups excluding carboxylic acids is 1. The molecule has 3 nitrogen and oxygen atoms in total. The summed E-state index contributed by atoms with van der Waals surface area (Å²) in [6.45, 7) is 2.12. The van der Waals surface area contributed by atoms with Gasteiger partial charge in [-0.05, 0) is 61.8 Å². The van der Waals surface area contributed by atoms with Crippen molar-refractivity contribution in [1.29, 1.82) is 0 Å². The Morgan fingerprint density at radius 1 is 0.960 bits per heavy atom. The minimum Gasteiger partial charge on any atom is -0.482 e. The minimum atomic E-state index is -0.337. The first-order chi connectivity index (χ1) is 12.3. The number of esters is 1. The minimum absolute atomic E-state index is 0.0399. The van der Waals surface area contributed by atoms with Gasteiger partial charge in [0.15, 0.2) is 6.61 Å². The fraction of sp³-hybridized carbons (Fsp3) is 0.381. The molecule has 0 heterocycles. The van der Waals surface area contributed by atoms with Crippen molar-refractivity contribution in [2.45, 2.75) is 37.5 Å². The Morgan fingerprint density at radius 2 is 1.72 bits per heavy atom. The van der Waals surface area contributed by atoms with Crippen molar-refractivity contribution in [1.82, 2.24) is 0 Å². The maximum Gasteiger partial charge on any atom is 0.344 e. The summed E-state index contributed by atoms with van der Waals surface area (Å²) in [6.07, 6.45) is 4.88. The van der Waals surface area contributed by atoms with Crippen LogP contribution in [0, 0.1) is 0 Å². The van der Waals surface area contributed by atoms with Crippen LogP contribution in [-0.4, -0.2) is 24.9 Å². The number of hydrogen-bond acceptors (Lipinski definition) is 4. The van der Waals surface area contributed by atoms with Gasteiger partial charge in [-0.15, -0.1) is 11.8 Å². The quantitative estimate of drug-likeness (QED) is 0.317. The maximum absolute atomic E-state index is 11.3. The smallest absolute Gasteiger partial charge is 0.344 e. The van der Waals surface area contributed by atoms with Gasteiger partial charge in [0, 0.05) is 4.90 Å². The summed E-state index contributed by atoms with van der Waals surface area (Å²) >= 11 is 1.86. The molecule has 0 fully saturated rings. The van der Waals surface area contributed by atoms with Crippen LogP contribution >= 0.6 is 11.8 Å². The van der Waals surface area contributed by atoms with Crippen molar-refractivity contribution in [3.8, 4) is 5.75 Å². The van der Waals surface area contributed by atoms with E-state index in [9.17, 15) is 4.79 Å². The molecule has 0 amide bonds. The number of benzene rings is 2. The van der Waals surface area contributed by atoms with Crippen LogP contribution in [0.1, 0.15) is 31.7 Å². The fourth-order valence-corrected chi connectivity index (χ4v) is 3.33. The number of carbonyl (C=O) groups is 1. The normalized spacial score (nSPS) is 10.4. The Bertz CT molecular complexity index is 611. The lowest BCUT2D eigenvalue weighted by Crippen LogP contribution is -2.14. The zero-order valence-electron chi connectivity index (χ0n) is 14.8. The van der Waals surface area contributed by atoms with E-state index in [-0.39, 0.29) is 12.6 Å². The Hall–Kier alpha value is -1.94. The van der Waals surface area contributed by atoms with Gasteiger partial charge < -0.3 is 9.47 Å². The Morgan fingerprint density at radius 3 is 2.44 bits per heavy atom. The SMILES string of the molecule is CCOC(=O)COc1ccc(SCCCCCc2ccccc2)cc1. The van der Waals surface area contributed by atoms with Crippen molar-refractivity contribution in [2.75, 3.05) is 19.0 Å². The summed E-state index contributed by atoms with van der Waals surface area (Å²) in [6, 6.07) is 18.5. The molecule has 0 aromatic heterocycles. The molecule has 0 aliphatic rings. The van der Waals surface area contributed by atoms with E-state index in [1.165, 1.54) is 29.7 Å². The van der Waals surface area contributed by atoms with Gasteiger partial charge in [-0.1, -0.05) is 36.8 Å². The monoisotopic (exact) mass is 358 g/mol. The predicted octanol–water partition coefficient (Wildman–Crippen LogP) is 5.13. The largest absolute Gasteiger partial charge is 0.482 e. The Labute approximate surface area is 154 Å². The zero-order chi connectivity index (χ0) is 17.7. The lowest BCUT2D eigenvalue weighted by Gasteiger charge is -2.07. The number of unbranched alkanes of at least 4 members (excludes halogenated alkanes) is 2. The predicted molar refractivity (Wildman–Crippen MR) is 103 cm³/mol. The van der Waals surface area contributed by atoms with E-state index in [1.807, 2.05) is 36.0 Å². The van der Waals surface area contributed by atoms with E-state index in [0.717, 1.165) is 12.2 Å². The molecular weight excluding hydrogens is 332 g/mol. The van der Waals surface area contributed by atoms with Gasteiger partial charge in [0.05, 0.1) is 6.61 Å². The number of ether oxygens (including phenoxy) is 2. The molecule has 0 saturated carbocycles. The van der Waals surface area contributed by atoms with Crippen molar-refractivity contribution < 1.29 is 14.3 Å². The van der Waals surface area contributed by atoms with Gasteiger partial charge in [-0.25, -0.2) is 4.79 Å². The van der Waals surface area contributed by atoms with Gasteiger partial charge in [0.2, 0.25) is 0 Å². The summed E-state index contributed by atoms with van der Waals surface area (Å²) in [5.41, 5.74) is 1.42. The standard InChI is InChI=1S/C21H26O3S/c1-2-23-21(22)17-24-19-12-14-20(15-13-19)25-16-8-4-7-11-18-9-5-3-6-10-18/h3,5-6,9-10,12-15H,2,4,7-8,11,16-17H2,1H3. The number of aryl methyl sites for hydroxylation is 1. The van der Waals surface area contributed by atoms with E-state index >= 15 is 0 Å². The molecule has 0 spiro atoms. The lowest BCUT2D eigenvalue weighted by molar-refractivity contribution is -0.145. The van der Waals surface area contributed by atoms with Crippen molar-refractivity contribution in [2.24, 2.45) is 0 Å². The molecule has 2 rings (SSSR count). The van der Waals surface area contributed by atoms with Crippen LogP contribution in [-0.2, 0) is 16.0 Å². The maximum atomic E-state index is 11.3. The van der Waals surface area contributed by atoms with Crippen molar-refractivity contribution >= 4 is 17.7 Å². The second kappa shape index (κ2) is 11.6. The summed E-state index contributed by atoms with van der Waals surface area (Å²) in [5, 5.41) is 0. The molecule has 0 aliphatic carbocycles. The van der Waals surface area contributed by atoms with Crippen LogP contribution in [0.3, 0.4) is 0 Å². The van der Waals surface area contributed by atoms with Crippen LogP contribution in [0.5, 0.6) is 5.75 Å². The molecule has 0 unspecified atom stereocenters. The number of rotatable bonds is 11. The van der Waals surface area contributed by atoms with E-state index < -0.39 is 0 Å². The molecule has 2 aromatic carbocycles. The van der Waals surface area contributed by atoms with Gasteiger partial charge >= 0.3 is 5.97 Å². The second-order valence-corrected chi connectivity index (χ2v) is 6.88. The van der Waals surface area contributed by atoms with Crippen LogP contribution in [0.2, 0.25) is 0 Å². The highest BCUT2D eigenvalue weighted by atomic mass is 32.2. The first-order valence-corrected chi connectivity index (χ1v) is 9.81. The first kappa shape index (κ1) is 19.4. The van der Waals surface area contributed by atoms with Gasteiger partial charge in [0.25, 0.3) is 0 Å². The third-order valence-corrected chi connectivity index (χ3v) is 4.81. The molecular formula is C21H26O3S. The number of thioether (sulfide) groups is 1. The third kappa shape index (κ3) is 8.12. The molecule has 134 valence electrons. The van der Waals surface area contributed by atoms with Crippen LogP contribution in [0.4, 0.5) is 0 Å². The Kier molecular flexibility index (Phi) is 8.98. The van der Waals surface area contributed by atoms with E-state index in [4.69, 9.17) is 9.47 Å². The van der Waals surface area contributed by atoms with E-state index in [2.05, 4.69) is 30.3 Å². The fourth-order valence-electron chi connectivity index (χ4n) is 2.42. The molecule has 0 atom stereocenters. The lowest BCUT2D eigenvalue weighted by atomic mass is 10.1. The molecule has 0 aliphatic heterocycles. The van der Waals surface area contributed by atoms with E-state index in [1.54, 1.807) is 6.92 Å². The van der Waals surface area contributed by atoms with Gasteiger partial charge in [-0.2, -0.15) is 0 Å². The third-order valence-electron chi connectivity index (χ3n) is 3.71. The van der Waals surface area contributed by atoms with Crippen molar-refractivity contribution in [3.05, 3.63) is 60.2 Å². The highest BCUT2D eigenvalue weighted by Gasteiger charge is 2.03. The second-order valence-electron chi connectivity index (χ2n) is 5.71. The Balaban J connectivity index is 1.57. The molecule has 2 aromatic rings. The molecule has 0 bridgehead atoms. The molecule has 25 heavy (non-hydrogen) atoms. The summed E-state index contributed by atoms with van der Waals surface area (Å²) < 4.78 is 10.2. The van der Waals surface area contributed by atoms with Crippen LogP contribution < -0.4 is 4.74 Å². The highest BCUT2D eigenvalue weighted by Crippen LogP contribution is 2.23. The summed E-state index contributed by atoms with van der Waals surface area (Å²) in [5.74, 6) is 1.48. The molecule has 0 saturated heterocycles. The van der Waals surface area contributed by atoms with Gasteiger partial charge in [-0.3, -0.25) is 0 Å². The first-order valence-electron chi connectivity index (χ1n) is 8.83. The van der Waals surface area contributed by atoms with Crippen molar-refractivity contribution in [3.63, 3.8) is 0 Å². The molecule has 0 radical (unpaired) electrons. The molecule has 4 heteroatoms. The average Bonchev–Trinajstić information content (AvgIpc) is 2.65. The van der Waals surface area contributed by atoms with Crippen LogP contribution in [0.15, 0.2) is 59.5 Å². The highest BCUT2D eigenvalue weighted by molar-refractivity contribution is 7.99.